The summed E-state index contributed by atoms with van der Waals surface area (Å²) in [4.78, 5) is 0. The van der Waals surface area contributed by atoms with Crippen LogP contribution in [0.3, 0.4) is 0 Å². The van der Waals surface area contributed by atoms with E-state index in [1.807, 2.05) is 0 Å². The highest BCUT2D eigenvalue weighted by Crippen LogP contribution is 2.40. The first-order chi connectivity index (χ1) is 3.81. The summed E-state index contributed by atoms with van der Waals surface area (Å²) in [6.07, 6.45) is 0.238. The van der Waals surface area contributed by atoms with E-state index in [0.29, 0.717) is 0 Å². The first-order valence-electron chi connectivity index (χ1n) is 1.89. The summed E-state index contributed by atoms with van der Waals surface area (Å²) in [6.45, 7) is 2.73. The van der Waals surface area contributed by atoms with Gasteiger partial charge in [-0.3, -0.25) is 0 Å². The van der Waals surface area contributed by atoms with Crippen LogP contribution in [0.25, 0.3) is 0 Å². The average molecular weight is 179 g/mol. The monoisotopic (exact) mass is 178 g/mol. The third kappa shape index (κ3) is 2.06. The molecule has 0 fully saturated rings. The maximum absolute atomic E-state index is 12.1. The van der Waals surface area contributed by atoms with Crippen LogP contribution in [0.5, 0.6) is 0 Å². The molecule has 54 valence electrons. The van der Waals surface area contributed by atoms with Crippen LogP contribution in [0.15, 0.2) is 12.7 Å². The Bertz CT molecular complexity index is 115. The van der Waals surface area contributed by atoms with Crippen LogP contribution in [-0.2, 0) is 0 Å². The molecule has 0 saturated heterocycles. The molecule has 0 radical (unpaired) electrons. The van der Waals surface area contributed by atoms with Gasteiger partial charge in [-0.15, -0.1) is 0 Å². The molecule has 1 atom stereocenters. The number of allylic oxidation sites excluding steroid dienone is 1. The molecule has 0 aromatic heterocycles. The van der Waals surface area contributed by atoms with Crippen LogP contribution < -0.4 is 0 Å². The van der Waals surface area contributed by atoms with Gasteiger partial charge in [-0.05, 0) is 17.7 Å². The van der Waals surface area contributed by atoms with Crippen molar-refractivity contribution >= 4 is 23.2 Å². The zero-order valence-corrected chi connectivity index (χ0v) is 5.69. The van der Waals surface area contributed by atoms with Crippen LogP contribution in [0.4, 0.5) is 13.2 Å². The Balaban J connectivity index is 4.32. The van der Waals surface area contributed by atoms with Crippen molar-refractivity contribution in [2.24, 2.45) is 0 Å². The van der Waals surface area contributed by atoms with Crippen molar-refractivity contribution < 1.29 is 13.2 Å². The minimum absolute atomic E-state index is 0.238. The lowest BCUT2D eigenvalue weighted by Gasteiger charge is -2.17. The fraction of sp³-hybridized carbons (Fsp3) is 0.500. The van der Waals surface area contributed by atoms with E-state index < -0.39 is 10.5 Å². The minimum atomic E-state index is -4.10. The van der Waals surface area contributed by atoms with Crippen molar-refractivity contribution in [2.45, 2.75) is 10.5 Å². The number of hydrogen-bond acceptors (Lipinski definition) is 0. The summed E-state index contributed by atoms with van der Waals surface area (Å²) in [7, 11) is 0. The Morgan fingerprint density at radius 2 is 1.56 bits per heavy atom. The van der Waals surface area contributed by atoms with Gasteiger partial charge in [-0.2, -0.15) is 8.78 Å². The highest BCUT2D eigenvalue weighted by Gasteiger charge is 2.50. The van der Waals surface area contributed by atoms with E-state index in [2.05, 4.69) is 29.8 Å². The summed E-state index contributed by atoms with van der Waals surface area (Å²) in [6, 6.07) is 0. The van der Waals surface area contributed by atoms with Gasteiger partial charge in [0.15, 0.2) is 0 Å². The molecule has 0 aliphatic heterocycles. The molecule has 0 heterocycles. The molecule has 0 aliphatic carbocycles. The van der Waals surface area contributed by atoms with Crippen molar-refractivity contribution in [3.8, 4) is 0 Å². The van der Waals surface area contributed by atoms with Crippen LogP contribution >= 0.6 is 23.2 Å². The Hall–Kier alpha value is 0.110. The average Bonchev–Trinajstić information content (AvgIpc) is 1.64. The van der Waals surface area contributed by atoms with Crippen molar-refractivity contribution in [1.82, 2.24) is 0 Å². The molecule has 5 heteroatoms. The largest absolute Gasteiger partial charge is 0.372 e. The third-order valence-electron chi connectivity index (χ3n) is 0.634. The second-order valence-corrected chi connectivity index (χ2v) is 2.35. The standard InChI is InChI=1S/C4H3Cl2F3/c1-2-3(5,7)4(6,8)9/h2H,1H2. The molecule has 9 heavy (non-hydrogen) atoms. The van der Waals surface area contributed by atoms with E-state index in [0.717, 1.165) is 0 Å². The van der Waals surface area contributed by atoms with E-state index in [1.165, 1.54) is 0 Å². The predicted octanol–water partition coefficient (Wildman–Crippen LogP) is 2.91. The highest BCUT2D eigenvalue weighted by atomic mass is 35.5. The molecular weight excluding hydrogens is 176 g/mol. The second kappa shape index (κ2) is 2.39. The minimum Gasteiger partial charge on any atom is -0.213 e. The van der Waals surface area contributed by atoms with Crippen LogP contribution in [0.2, 0.25) is 0 Å². The molecule has 0 spiro atoms. The molecule has 0 N–H and O–H groups in total. The van der Waals surface area contributed by atoms with Gasteiger partial charge in [-0.1, -0.05) is 18.2 Å². The summed E-state index contributed by atoms with van der Waals surface area (Å²) in [5.41, 5.74) is 0. The smallest absolute Gasteiger partial charge is 0.213 e. The van der Waals surface area contributed by atoms with Gasteiger partial charge < -0.3 is 0 Å². The summed E-state index contributed by atoms with van der Waals surface area (Å²) in [5, 5.41) is -7.45. The van der Waals surface area contributed by atoms with E-state index in [9.17, 15) is 13.2 Å². The molecule has 0 bridgehead atoms. The van der Waals surface area contributed by atoms with Gasteiger partial charge in [0, 0.05) is 0 Å². The molecule has 0 amide bonds. The fourth-order valence-electron chi connectivity index (χ4n) is 0.116. The number of hydrogen-bond donors (Lipinski definition) is 0. The van der Waals surface area contributed by atoms with Crippen molar-refractivity contribution in [1.29, 1.82) is 0 Å². The van der Waals surface area contributed by atoms with E-state index in [1.54, 1.807) is 0 Å². The normalized spacial score (nSPS) is 18.8. The van der Waals surface area contributed by atoms with E-state index in [4.69, 9.17) is 0 Å². The molecule has 0 rings (SSSR count). The lowest BCUT2D eigenvalue weighted by atomic mass is 10.4. The van der Waals surface area contributed by atoms with Gasteiger partial charge in [-0.25, -0.2) is 4.39 Å². The lowest BCUT2D eigenvalue weighted by Crippen LogP contribution is -2.31. The molecule has 0 nitrogen and oxygen atoms in total. The van der Waals surface area contributed by atoms with Crippen LogP contribution in [0, 0.1) is 0 Å². The highest BCUT2D eigenvalue weighted by molar-refractivity contribution is 6.33. The Labute approximate surface area is 60.2 Å². The number of halogens is 5. The first-order valence-corrected chi connectivity index (χ1v) is 2.65. The number of rotatable bonds is 2. The van der Waals surface area contributed by atoms with Crippen molar-refractivity contribution in [3.63, 3.8) is 0 Å². The van der Waals surface area contributed by atoms with E-state index >= 15 is 0 Å². The quantitative estimate of drug-likeness (QED) is 0.451. The Kier molecular flexibility index (Phi) is 2.41. The third-order valence-corrected chi connectivity index (χ3v) is 1.40. The molecule has 0 aromatic rings. The molecular formula is C4H3Cl2F3. The Morgan fingerprint density at radius 1 is 1.22 bits per heavy atom. The maximum Gasteiger partial charge on any atom is 0.372 e. The zero-order valence-electron chi connectivity index (χ0n) is 4.17. The summed E-state index contributed by atoms with van der Waals surface area (Å²) < 4.78 is 35.5. The summed E-state index contributed by atoms with van der Waals surface area (Å²) >= 11 is 8.74. The second-order valence-electron chi connectivity index (χ2n) is 1.32. The van der Waals surface area contributed by atoms with Gasteiger partial charge in [0.1, 0.15) is 0 Å². The first kappa shape index (κ1) is 9.11. The topological polar surface area (TPSA) is 0 Å². The fourth-order valence-corrected chi connectivity index (χ4v) is 0.193. The van der Waals surface area contributed by atoms with Crippen LogP contribution in [0.1, 0.15) is 0 Å². The zero-order chi connectivity index (χ0) is 7.71. The van der Waals surface area contributed by atoms with Crippen molar-refractivity contribution in [2.75, 3.05) is 0 Å². The molecule has 1 unspecified atom stereocenters. The number of alkyl halides is 5. The van der Waals surface area contributed by atoms with Crippen LogP contribution in [-0.4, -0.2) is 10.5 Å². The molecule has 0 aromatic carbocycles. The predicted molar refractivity (Wildman–Crippen MR) is 30.7 cm³/mol. The van der Waals surface area contributed by atoms with Crippen molar-refractivity contribution in [3.05, 3.63) is 12.7 Å². The molecule has 0 aliphatic rings. The SMILES string of the molecule is C=CC(F)(Cl)C(F)(F)Cl. The van der Waals surface area contributed by atoms with E-state index in [-0.39, 0.29) is 6.08 Å². The maximum atomic E-state index is 12.1. The Morgan fingerprint density at radius 3 is 1.56 bits per heavy atom. The molecule has 0 saturated carbocycles. The lowest BCUT2D eigenvalue weighted by molar-refractivity contribution is 0.00647. The van der Waals surface area contributed by atoms with Gasteiger partial charge in [0.2, 0.25) is 0 Å². The summed E-state index contributed by atoms with van der Waals surface area (Å²) in [5.74, 6) is 0. The van der Waals surface area contributed by atoms with Gasteiger partial charge in [0.25, 0.3) is 5.13 Å². The van der Waals surface area contributed by atoms with Gasteiger partial charge >= 0.3 is 5.38 Å². The van der Waals surface area contributed by atoms with Gasteiger partial charge in [0.05, 0.1) is 0 Å².